The van der Waals surface area contributed by atoms with Gasteiger partial charge in [-0.15, -0.1) is 0 Å². The fourth-order valence-corrected chi connectivity index (χ4v) is 1.62. The number of hydrogen-bond acceptors (Lipinski definition) is 3. The summed E-state index contributed by atoms with van der Waals surface area (Å²) in [5.41, 5.74) is 1.75. The fraction of sp³-hybridized carbons (Fsp3) is 0.429. The van der Waals surface area contributed by atoms with Gasteiger partial charge in [-0.3, -0.25) is 9.69 Å². The standard InChI is InChI=1S/C14H19N3O/c1-3-8-16-14(18)11-17(2)10-13-6-4-12(9-15)5-7-13/h4-7H,3,8,10-11H2,1-2H3,(H,16,18). The molecule has 1 aromatic rings. The van der Waals surface area contributed by atoms with Crippen LogP contribution in [0.3, 0.4) is 0 Å². The zero-order chi connectivity index (χ0) is 13.4. The molecule has 1 amide bonds. The molecule has 0 saturated carbocycles. The Balaban J connectivity index is 2.41. The summed E-state index contributed by atoms with van der Waals surface area (Å²) in [7, 11) is 1.91. The molecule has 0 saturated heterocycles. The summed E-state index contributed by atoms with van der Waals surface area (Å²) in [5.74, 6) is 0.0491. The van der Waals surface area contributed by atoms with Gasteiger partial charge in [-0.05, 0) is 31.2 Å². The Morgan fingerprint density at radius 2 is 2.06 bits per heavy atom. The van der Waals surface area contributed by atoms with Crippen LogP contribution in [0.4, 0.5) is 0 Å². The lowest BCUT2D eigenvalue weighted by molar-refractivity contribution is -0.122. The number of rotatable bonds is 6. The first-order chi connectivity index (χ1) is 8.65. The van der Waals surface area contributed by atoms with Crippen LogP contribution < -0.4 is 5.32 Å². The van der Waals surface area contributed by atoms with Gasteiger partial charge in [0, 0.05) is 13.1 Å². The molecule has 1 rings (SSSR count). The first-order valence-corrected chi connectivity index (χ1v) is 6.10. The molecule has 0 radical (unpaired) electrons. The lowest BCUT2D eigenvalue weighted by Crippen LogP contribution is -2.35. The van der Waals surface area contributed by atoms with E-state index in [2.05, 4.69) is 11.4 Å². The summed E-state index contributed by atoms with van der Waals surface area (Å²) >= 11 is 0. The monoisotopic (exact) mass is 245 g/mol. The summed E-state index contributed by atoms with van der Waals surface area (Å²) in [6.07, 6.45) is 0.949. The molecule has 0 spiro atoms. The number of nitrogens with zero attached hydrogens (tertiary/aromatic N) is 2. The molecular formula is C14H19N3O. The minimum absolute atomic E-state index is 0.0491. The number of carbonyl (C=O) groups excluding carboxylic acids is 1. The normalized spacial score (nSPS) is 10.1. The quantitative estimate of drug-likeness (QED) is 0.826. The molecule has 0 aliphatic rings. The third-order valence-electron chi connectivity index (χ3n) is 2.52. The molecule has 4 nitrogen and oxygen atoms in total. The summed E-state index contributed by atoms with van der Waals surface area (Å²) in [6, 6.07) is 9.50. The molecule has 0 aromatic heterocycles. The van der Waals surface area contributed by atoms with Crippen molar-refractivity contribution in [2.24, 2.45) is 0 Å². The van der Waals surface area contributed by atoms with E-state index in [-0.39, 0.29) is 5.91 Å². The third-order valence-corrected chi connectivity index (χ3v) is 2.52. The molecule has 0 aliphatic carbocycles. The summed E-state index contributed by atoms with van der Waals surface area (Å²) in [6.45, 7) is 3.84. The molecule has 0 fully saturated rings. The summed E-state index contributed by atoms with van der Waals surface area (Å²) < 4.78 is 0. The van der Waals surface area contributed by atoms with E-state index in [1.165, 1.54) is 0 Å². The van der Waals surface area contributed by atoms with E-state index >= 15 is 0 Å². The Morgan fingerprint density at radius 3 is 2.61 bits per heavy atom. The van der Waals surface area contributed by atoms with Crippen molar-refractivity contribution in [3.05, 3.63) is 35.4 Å². The number of nitriles is 1. The van der Waals surface area contributed by atoms with Crippen molar-refractivity contribution in [2.45, 2.75) is 19.9 Å². The van der Waals surface area contributed by atoms with Gasteiger partial charge in [-0.1, -0.05) is 19.1 Å². The first kappa shape index (κ1) is 14.2. The molecule has 4 heteroatoms. The average Bonchev–Trinajstić information content (AvgIpc) is 2.37. The van der Waals surface area contributed by atoms with Crippen LogP contribution >= 0.6 is 0 Å². The first-order valence-electron chi connectivity index (χ1n) is 6.10. The molecule has 0 bridgehead atoms. The third kappa shape index (κ3) is 4.98. The molecule has 1 aromatic carbocycles. The molecule has 18 heavy (non-hydrogen) atoms. The van der Waals surface area contributed by atoms with E-state index in [1.54, 1.807) is 12.1 Å². The second kappa shape index (κ2) is 7.46. The maximum Gasteiger partial charge on any atom is 0.234 e. The van der Waals surface area contributed by atoms with Crippen molar-refractivity contribution in [3.63, 3.8) is 0 Å². The molecule has 96 valence electrons. The Labute approximate surface area is 108 Å². The van der Waals surface area contributed by atoms with Crippen molar-refractivity contribution in [2.75, 3.05) is 20.1 Å². The predicted octanol–water partition coefficient (Wildman–Crippen LogP) is 1.52. The van der Waals surface area contributed by atoms with Gasteiger partial charge in [-0.25, -0.2) is 0 Å². The topological polar surface area (TPSA) is 56.1 Å². The fourth-order valence-electron chi connectivity index (χ4n) is 1.62. The van der Waals surface area contributed by atoms with Crippen LogP contribution in [0.2, 0.25) is 0 Å². The summed E-state index contributed by atoms with van der Waals surface area (Å²) in [5, 5.41) is 11.5. The van der Waals surface area contributed by atoms with Gasteiger partial charge in [0.05, 0.1) is 18.2 Å². The van der Waals surface area contributed by atoms with Crippen LogP contribution in [0.15, 0.2) is 24.3 Å². The van der Waals surface area contributed by atoms with Gasteiger partial charge in [0.1, 0.15) is 0 Å². The molecule has 0 unspecified atom stereocenters. The van der Waals surface area contributed by atoms with E-state index in [0.29, 0.717) is 18.7 Å². The van der Waals surface area contributed by atoms with Crippen molar-refractivity contribution in [1.82, 2.24) is 10.2 Å². The zero-order valence-electron chi connectivity index (χ0n) is 10.9. The molecule has 0 aliphatic heterocycles. The highest BCUT2D eigenvalue weighted by molar-refractivity contribution is 5.77. The highest BCUT2D eigenvalue weighted by atomic mass is 16.2. The smallest absolute Gasteiger partial charge is 0.234 e. The van der Waals surface area contributed by atoms with Crippen LogP contribution in [0.25, 0.3) is 0 Å². The van der Waals surface area contributed by atoms with Gasteiger partial charge in [0.2, 0.25) is 5.91 Å². The Bertz CT molecular complexity index is 420. The maximum absolute atomic E-state index is 11.5. The van der Waals surface area contributed by atoms with Crippen LogP contribution in [0.1, 0.15) is 24.5 Å². The van der Waals surface area contributed by atoms with E-state index in [0.717, 1.165) is 18.5 Å². The van der Waals surface area contributed by atoms with Crippen LogP contribution in [0.5, 0.6) is 0 Å². The molecule has 0 heterocycles. The number of benzene rings is 1. The van der Waals surface area contributed by atoms with Gasteiger partial charge in [0.25, 0.3) is 0 Å². The molecular weight excluding hydrogens is 226 g/mol. The van der Waals surface area contributed by atoms with Crippen LogP contribution in [-0.2, 0) is 11.3 Å². The van der Waals surface area contributed by atoms with Crippen molar-refractivity contribution in [1.29, 1.82) is 5.26 Å². The number of likely N-dealkylation sites (N-methyl/N-ethyl adjacent to an activating group) is 1. The molecule has 0 atom stereocenters. The van der Waals surface area contributed by atoms with Crippen LogP contribution in [0, 0.1) is 11.3 Å². The number of carbonyl (C=O) groups is 1. The van der Waals surface area contributed by atoms with E-state index in [9.17, 15) is 4.79 Å². The van der Waals surface area contributed by atoms with E-state index < -0.39 is 0 Å². The maximum atomic E-state index is 11.5. The number of nitrogens with one attached hydrogen (secondary N) is 1. The van der Waals surface area contributed by atoms with Gasteiger partial charge in [0.15, 0.2) is 0 Å². The Hall–Kier alpha value is -1.86. The highest BCUT2D eigenvalue weighted by Gasteiger charge is 2.06. The summed E-state index contributed by atoms with van der Waals surface area (Å²) in [4.78, 5) is 13.5. The minimum atomic E-state index is 0.0491. The van der Waals surface area contributed by atoms with Crippen molar-refractivity contribution >= 4 is 5.91 Å². The van der Waals surface area contributed by atoms with Gasteiger partial charge in [-0.2, -0.15) is 5.26 Å². The zero-order valence-corrected chi connectivity index (χ0v) is 10.9. The number of hydrogen-bond donors (Lipinski definition) is 1. The average molecular weight is 245 g/mol. The number of amides is 1. The lowest BCUT2D eigenvalue weighted by Gasteiger charge is -2.16. The minimum Gasteiger partial charge on any atom is -0.355 e. The van der Waals surface area contributed by atoms with Crippen LogP contribution in [-0.4, -0.2) is 30.9 Å². The molecule has 1 N–H and O–H groups in total. The second-order valence-electron chi connectivity index (χ2n) is 4.33. The Kier molecular flexibility index (Phi) is 5.89. The highest BCUT2D eigenvalue weighted by Crippen LogP contribution is 2.05. The SMILES string of the molecule is CCCNC(=O)CN(C)Cc1ccc(C#N)cc1. The van der Waals surface area contributed by atoms with Crippen molar-refractivity contribution < 1.29 is 4.79 Å². The van der Waals surface area contributed by atoms with E-state index in [4.69, 9.17) is 5.26 Å². The lowest BCUT2D eigenvalue weighted by atomic mass is 10.1. The van der Waals surface area contributed by atoms with E-state index in [1.807, 2.05) is 31.0 Å². The second-order valence-corrected chi connectivity index (χ2v) is 4.33. The van der Waals surface area contributed by atoms with Crippen molar-refractivity contribution in [3.8, 4) is 6.07 Å². The van der Waals surface area contributed by atoms with Gasteiger partial charge >= 0.3 is 0 Å². The van der Waals surface area contributed by atoms with Gasteiger partial charge < -0.3 is 5.32 Å². The predicted molar refractivity (Wildman–Crippen MR) is 70.8 cm³/mol. The largest absolute Gasteiger partial charge is 0.355 e. The Morgan fingerprint density at radius 1 is 1.39 bits per heavy atom.